The van der Waals surface area contributed by atoms with Crippen molar-refractivity contribution in [1.29, 1.82) is 0 Å². The minimum Gasteiger partial charge on any atom is -0.506 e. The summed E-state index contributed by atoms with van der Waals surface area (Å²) in [5, 5.41) is 14.7. The highest BCUT2D eigenvalue weighted by molar-refractivity contribution is 6.43. The normalized spacial score (nSPS) is 10.1. The molecule has 0 radical (unpaired) electrons. The number of carbonyl (C=O) groups excluding carboxylic acids is 2. The third-order valence-corrected chi connectivity index (χ3v) is 3.09. The molecule has 0 fully saturated rings. The average Bonchev–Trinajstić information content (AvgIpc) is 2.40. The van der Waals surface area contributed by atoms with E-state index in [2.05, 4.69) is 10.6 Å². The molecule has 2 rings (SSSR count). The van der Waals surface area contributed by atoms with Gasteiger partial charge < -0.3 is 15.7 Å². The summed E-state index contributed by atoms with van der Waals surface area (Å²) in [6, 6.07) is 10.3. The largest absolute Gasteiger partial charge is 0.506 e. The molecular weight excluding hydrogens is 280 g/mol. The van der Waals surface area contributed by atoms with Gasteiger partial charge in [0.25, 0.3) is 0 Å². The van der Waals surface area contributed by atoms with Crippen molar-refractivity contribution in [3.63, 3.8) is 0 Å². The van der Waals surface area contributed by atoms with Crippen LogP contribution in [-0.2, 0) is 9.59 Å². The molecule has 0 aliphatic rings. The van der Waals surface area contributed by atoms with Gasteiger partial charge in [0.1, 0.15) is 5.75 Å². The Labute approximate surface area is 129 Å². The summed E-state index contributed by atoms with van der Waals surface area (Å²) in [4.78, 5) is 23.8. The number of phenols is 1. The predicted octanol–water partition coefficient (Wildman–Crippen LogP) is 2.89. The Kier molecular flexibility index (Phi) is 4.46. The minimum atomic E-state index is -0.835. The maximum atomic E-state index is 11.9. The lowest BCUT2D eigenvalue weighted by Crippen LogP contribution is -2.29. The van der Waals surface area contributed by atoms with Gasteiger partial charge in [-0.2, -0.15) is 0 Å². The van der Waals surface area contributed by atoms with Crippen LogP contribution in [0.25, 0.3) is 0 Å². The number of amides is 2. The smallest absolute Gasteiger partial charge is 0.314 e. The van der Waals surface area contributed by atoms with E-state index < -0.39 is 11.8 Å². The molecule has 5 nitrogen and oxygen atoms in total. The molecule has 5 heteroatoms. The lowest BCUT2D eigenvalue weighted by atomic mass is 10.1. The number of carbonyl (C=O) groups is 2. The standard InChI is InChI=1S/C17H18N2O3/c1-10-4-5-14(15(20)9-10)19-17(22)16(21)18-13-7-11(2)6-12(3)8-13/h4-9,20H,1-3H3,(H,18,21)(H,19,22). The van der Waals surface area contributed by atoms with Crippen LogP contribution < -0.4 is 10.6 Å². The van der Waals surface area contributed by atoms with Crippen LogP contribution in [0.4, 0.5) is 11.4 Å². The molecule has 2 aromatic rings. The van der Waals surface area contributed by atoms with Gasteiger partial charge in [0.2, 0.25) is 0 Å². The summed E-state index contributed by atoms with van der Waals surface area (Å²) in [7, 11) is 0. The Hall–Kier alpha value is -2.82. The van der Waals surface area contributed by atoms with Crippen LogP contribution in [0.5, 0.6) is 5.75 Å². The molecule has 0 aromatic heterocycles. The van der Waals surface area contributed by atoms with Crippen LogP contribution in [0.1, 0.15) is 16.7 Å². The highest BCUT2D eigenvalue weighted by Crippen LogP contribution is 2.23. The third kappa shape index (κ3) is 3.85. The lowest BCUT2D eigenvalue weighted by molar-refractivity contribution is -0.133. The van der Waals surface area contributed by atoms with Crippen LogP contribution in [0.15, 0.2) is 36.4 Å². The van der Waals surface area contributed by atoms with Crippen molar-refractivity contribution in [3.8, 4) is 5.75 Å². The van der Waals surface area contributed by atoms with Crippen molar-refractivity contribution in [2.24, 2.45) is 0 Å². The molecule has 0 atom stereocenters. The van der Waals surface area contributed by atoms with Crippen molar-refractivity contribution in [3.05, 3.63) is 53.1 Å². The molecule has 0 aliphatic heterocycles. The topological polar surface area (TPSA) is 78.4 Å². The second kappa shape index (κ2) is 6.30. The predicted molar refractivity (Wildman–Crippen MR) is 86.0 cm³/mol. The summed E-state index contributed by atoms with van der Waals surface area (Å²) in [5.41, 5.74) is 3.60. The number of benzene rings is 2. The molecule has 2 amide bonds. The van der Waals surface area contributed by atoms with Gasteiger partial charge in [-0.1, -0.05) is 12.1 Å². The second-order valence-corrected chi connectivity index (χ2v) is 5.31. The lowest BCUT2D eigenvalue weighted by Gasteiger charge is -2.09. The van der Waals surface area contributed by atoms with Gasteiger partial charge in [0, 0.05) is 5.69 Å². The average molecular weight is 298 g/mol. The van der Waals surface area contributed by atoms with E-state index in [1.807, 2.05) is 26.8 Å². The molecule has 3 N–H and O–H groups in total. The molecule has 0 aliphatic carbocycles. The summed E-state index contributed by atoms with van der Waals surface area (Å²) in [6.45, 7) is 5.64. The highest BCUT2D eigenvalue weighted by Gasteiger charge is 2.16. The molecule has 0 heterocycles. The second-order valence-electron chi connectivity index (χ2n) is 5.31. The van der Waals surface area contributed by atoms with Gasteiger partial charge in [0.15, 0.2) is 0 Å². The van der Waals surface area contributed by atoms with Gasteiger partial charge in [-0.15, -0.1) is 0 Å². The van der Waals surface area contributed by atoms with Crippen molar-refractivity contribution < 1.29 is 14.7 Å². The maximum absolute atomic E-state index is 11.9. The van der Waals surface area contributed by atoms with E-state index in [4.69, 9.17) is 0 Å². The first kappa shape index (κ1) is 15.6. The molecule has 0 bridgehead atoms. The number of anilines is 2. The molecular formula is C17H18N2O3. The Morgan fingerprint density at radius 1 is 0.818 bits per heavy atom. The van der Waals surface area contributed by atoms with Crippen molar-refractivity contribution in [2.45, 2.75) is 20.8 Å². The zero-order valence-corrected chi connectivity index (χ0v) is 12.7. The Bertz CT molecular complexity index is 718. The van der Waals surface area contributed by atoms with Gasteiger partial charge >= 0.3 is 11.8 Å². The number of nitrogens with one attached hydrogen (secondary N) is 2. The van der Waals surface area contributed by atoms with E-state index in [0.717, 1.165) is 16.7 Å². The van der Waals surface area contributed by atoms with E-state index >= 15 is 0 Å². The van der Waals surface area contributed by atoms with E-state index in [-0.39, 0.29) is 11.4 Å². The number of aryl methyl sites for hydroxylation is 3. The first-order valence-corrected chi connectivity index (χ1v) is 6.85. The van der Waals surface area contributed by atoms with E-state index in [1.54, 1.807) is 24.3 Å². The molecule has 2 aromatic carbocycles. The van der Waals surface area contributed by atoms with Crippen LogP contribution in [0, 0.1) is 20.8 Å². The number of hydrogen-bond acceptors (Lipinski definition) is 3. The number of aromatic hydroxyl groups is 1. The van der Waals surface area contributed by atoms with Gasteiger partial charge in [-0.3, -0.25) is 9.59 Å². The van der Waals surface area contributed by atoms with E-state index in [0.29, 0.717) is 5.69 Å². The first-order valence-electron chi connectivity index (χ1n) is 6.85. The molecule has 0 saturated carbocycles. The Morgan fingerprint density at radius 2 is 1.41 bits per heavy atom. The number of hydrogen-bond donors (Lipinski definition) is 3. The number of phenolic OH excluding ortho intramolecular Hbond substituents is 1. The maximum Gasteiger partial charge on any atom is 0.314 e. The number of rotatable bonds is 2. The quantitative estimate of drug-likeness (QED) is 0.589. The monoisotopic (exact) mass is 298 g/mol. The van der Waals surface area contributed by atoms with Crippen LogP contribution in [0.2, 0.25) is 0 Å². The Morgan fingerprint density at radius 3 is 2.00 bits per heavy atom. The van der Waals surface area contributed by atoms with Crippen molar-refractivity contribution in [1.82, 2.24) is 0 Å². The molecule has 22 heavy (non-hydrogen) atoms. The SMILES string of the molecule is Cc1cc(C)cc(NC(=O)C(=O)Nc2ccc(C)cc2O)c1. The summed E-state index contributed by atoms with van der Waals surface area (Å²) in [6.07, 6.45) is 0. The Balaban J connectivity index is 2.07. The highest BCUT2D eigenvalue weighted by atomic mass is 16.3. The minimum absolute atomic E-state index is 0.0763. The molecule has 114 valence electrons. The summed E-state index contributed by atoms with van der Waals surface area (Å²) in [5.74, 6) is -1.70. The zero-order valence-electron chi connectivity index (χ0n) is 12.7. The van der Waals surface area contributed by atoms with Crippen molar-refractivity contribution >= 4 is 23.2 Å². The first-order chi connectivity index (χ1) is 10.3. The molecule has 0 unspecified atom stereocenters. The van der Waals surface area contributed by atoms with Gasteiger partial charge in [-0.05, 0) is 61.7 Å². The fourth-order valence-electron chi connectivity index (χ4n) is 2.16. The molecule has 0 saturated heterocycles. The fourth-order valence-corrected chi connectivity index (χ4v) is 2.16. The van der Waals surface area contributed by atoms with E-state index in [9.17, 15) is 14.7 Å². The fraction of sp³-hybridized carbons (Fsp3) is 0.176. The van der Waals surface area contributed by atoms with Crippen LogP contribution >= 0.6 is 0 Å². The van der Waals surface area contributed by atoms with Gasteiger partial charge in [-0.25, -0.2) is 0 Å². The van der Waals surface area contributed by atoms with Crippen LogP contribution in [-0.4, -0.2) is 16.9 Å². The van der Waals surface area contributed by atoms with E-state index in [1.165, 1.54) is 6.07 Å². The molecule has 0 spiro atoms. The zero-order chi connectivity index (χ0) is 16.3. The van der Waals surface area contributed by atoms with Crippen LogP contribution in [0.3, 0.4) is 0 Å². The summed E-state index contributed by atoms with van der Waals surface area (Å²) >= 11 is 0. The van der Waals surface area contributed by atoms with Gasteiger partial charge in [0.05, 0.1) is 5.69 Å². The summed E-state index contributed by atoms with van der Waals surface area (Å²) < 4.78 is 0. The van der Waals surface area contributed by atoms with Crippen molar-refractivity contribution in [2.75, 3.05) is 10.6 Å². The third-order valence-electron chi connectivity index (χ3n) is 3.09.